The molecule has 0 bridgehead atoms. The van der Waals surface area contributed by atoms with Gasteiger partial charge in [0, 0.05) is 30.0 Å². The van der Waals surface area contributed by atoms with Crippen LogP contribution in [0.5, 0.6) is 0 Å². The first-order valence-electron chi connectivity index (χ1n) is 6.52. The van der Waals surface area contributed by atoms with Crippen molar-refractivity contribution in [1.29, 1.82) is 0 Å². The number of aromatic nitrogens is 2. The first-order chi connectivity index (χ1) is 10.0. The molecule has 112 valence electrons. The molecule has 2 aromatic rings. The number of nitrogens with one attached hydrogen (secondary N) is 2. The van der Waals surface area contributed by atoms with Gasteiger partial charge in [0.1, 0.15) is 0 Å². The average Bonchev–Trinajstić information content (AvgIpc) is 2.81. The second-order valence-corrected chi connectivity index (χ2v) is 5.73. The third kappa shape index (κ3) is 4.09. The monoisotopic (exact) mass is 342 g/mol. The standard InChI is InChI=1S/C14H16Cl2N4S/c1-3-20-9(2)10(8-18-20)7-17-14(21)19-11-4-5-12(15)13(16)6-11/h4-6,8H,3,7H2,1-2H3,(H2,17,19,21). The lowest BCUT2D eigenvalue weighted by atomic mass is 10.2. The molecule has 0 atom stereocenters. The number of thiocarbonyl (C=S) groups is 1. The van der Waals surface area contributed by atoms with Crippen molar-refractivity contribution in [1.82, 2.24) is 15.1 Å². The van der Waals surface area contributed by atoms with E-state index in [0.29, 0.717) is 21.7 Å². The van der Waals surface area contributed by atoms with Crippen molar-refractivity contribution in [3.63, 3.8) is 0 Å². The summed E-state index contributed by atoms with van der Waals surface area (Å²) >= 11 is 17.1. The molecule has 0 spiro atoms. The van der Waals surface area contributed by atoms with Crippen LogP contribution in [0.1, 0.15) is 18.2 Å². The molecule has 0 fully saturated rings. The van der Waals surface area contributed by atoms with E-state index in [2.05, 4.69) is 22.7 Å². The van der Waals surface area contributed by atoms with Crippen LogP contribution in [0.2, 0.25) is 10.0 Å². The smallest absolute Gasteiger partial charge is 0.171 e. The van der Waals surface area contributed by atoms with Gasteiger partial charge in [-0.3, -0.25) is 4.68 Å². The van der Waals surface area contributed by atoms with Crippen LogP contribution in [0.15, 0.2) is 24.4 Å². The Bertz CT molecular complexity index is 654. The summed E-state index contributed by atoms with van der Waals surface area (Å²) in [5.74, 6) is 0. The first kappa shape index (κ1) is 16.1. The van der Waals surface area contributed by atoms with E-state index in [-0.39, 0.29) is 0 Å². The van der Waals surface area contributed by atoms with Crippen molar-refractivity contribution < 1.29 is 0 Å². The van der Waals surface area contributed by atoms with E-state index in [4.69, 9.17) is 35.4 Å². The van der Waals surface area contributed by atoms with Crippen LogP contribution < -0.4 is 10.6 Å². The quantitative estimate of drug-likeness (QED) is 0.824. The van der Waals surface area contributed by atoms with Crippen molar-refractivity contribution in [2.75, 3.05) is 5.32 Å². The molecule has 0 saturated carbocycles. The molecule has 0 aliphatic carbocycles. The fourth-order valence-electron chi connectivity index (χ4n) is 1.90. The topological polar surface area (TPSA) is 41.9 Å². The predicted octanol–water partition coefficient (Wildman–Crippen LogP) is 4.00. The molecule has 1 heterocycles. The van der Waals surface area contributed by atoms with E-state index in [9.17, 15) is 0 Å². The van der Waals surface area contributed by atoms with Gasteiger partial charge in [0.15, 0.2) is 5.11 Å². The maximum absolute atomic E-state index is 5.96. The molecule has 0 aliphatic heterocycles. The van der Waals surface area contributed by atoms with Crippen molar-refractivity contribution in [2.24, 2.45) is 0 Å². The fourth-order valence-corrected chi connectivity index (χ4v) is 2.39. The number of nitrogens with zero attached hydrogens (tertiary/aromatic N) is 2. The van der Waals surface area contributed by atoms with Crippen molar-refractivity contribution >= 4 is 46.2 Å². The van der Waals surface area contributed by atoms with Gasteiger partial charge in [0.25, 0.3) is 0 Å². The zero-order chi connectivity index (χ0) is 15.4. The van der Waals surface area contributed by atoms with Gasteiger partial charge in [-0.1, -0.05) is 23.2 Å². The summed E-state index contributed by atoms with van der Waals surface area (Å²) in [7, 11) is 0. The number of hydrogen-bond donors (Lipinski definition) is 2. The van der Waals surface area contributed by atoms with Gasteiger partial charge >= 0.3 is 0 Å². The van der Waals surface area contributed by atoms with E-state index in [0.717, 1.165) is 23.5 Å². The van der Waals surface area contributed by atoms with Crippen molar-refractivity contribution in [3.05, 3.63) is 45.7 Å². The molecule has 0 aliphatic rings. The van der Waals surface area contributed by atoms with Crippen LogP contribution in [0.3, 0.4) is 0 Å². The molecule has 0 saturated heterocycles. The summed E-state index contributed by atoms with van der Waals surface area (Å²) in [6.07, 6.45) is 1.85. The van der Waals surface area contributed by atoms with Crippen LogP contribution >= 0.6 is 35.4 Å². The van der Waals surface area contributed by atoms with Gasteiger partial charge in [-0.15, -0.1) is 0 Å². The highest BCUT2D eigenvalue weighted by atomic mass is 35.5. The second kappa shape index (κ2) is 7.11. The molecular formula is C14H16Cl2N4S. The van der Waals surface area contributed by atoms with Gasteiger partial charge in [-0.25, -0.2) is 0 Å². The van der Waals surface area contributed by atoms with Crippen molar-refractivity contribution in [2.45, 2.75) is 26.9 Å². The predicted molar refractivity (Wildman–Crippen MR) is 92.2 cm³/mol. The maximum atomic E-state index is 5.96. The Morgan fingerprint density at radius 1 is 1.33 bits per heavy atom. The molecule has 21 heavy (non-hydrogen) atoms. The molecule has 0 unspecified atom stereocenters. The van der Waals surface area contributed by atoms with Gasteiger partial charge in [-0.05, 0) is 44.3 Å². The molecule has 1 aromatic heterocycles. The Labute approximate surface area is 139 Å². The summed E-state index contributed by atoms with van der Waals surface area (Å²) in [6.45, 7) is 5.59. The SMILES string of the molecule is CCn1ncc(CNC(=S)Nc2ccc(Cl)c(Cl)c2)c1C. The number of rotatable bonds is 4. The van der Waals surface area contributed by atoms with E-state index < -0.39 is 0 Å². The maximum Gasteiger partial charge on any atom is 0.171 e. The molecule has 4 nitrogen and oxygen atoms in total. The molecule has 7 heteroatoms. The molecule has 1 aromatic carbocycles. The van der Waals surface area contributed by atoms with E-state index in [1.54, 1.807) is 12.1 Å². The van der Waals surface area contributed by atoms with Crippen molar-refractivity contribution in [3.8, 4) is 0 Å². The van der Waals surface area contributed by atoms with E-state index in [1.165, 1.54) is 0 Å². The summed E-state index contributed by atoms with van der Waals surface area (Å²) in [6, 6.07) is 5.28. The van der Waals surface area contributed by atoms with Gasteiger partial charge < -0.3 is 10.6 Å². The number of hydrogen-bond acceptors (Lipinski definition) is 2. The number of anilines is 1. The lowest BCUT2D eigenvalue weighted by Gasteiger charge is -2.11. The Balaban J connectivity index is 1.92. The normalized spacial score (nSPS) is 10.5. The lowest BCUT2D eigenvalue weighted by Crippen LogP contribution is -2.28. The Hall–Kier alpha value is -1.30. The van der Waals surface area contributed by atoms with Crippen LogP contribution in [-0.4, -0.2) is 14.9 Å². The number of halogens is 2. The van der Waals surface area contributed by atoms with Crippen LogP contribution in [0.4, 0.5) is 5.69 Å². The van der Waals surface area contributed by atoms with Crippen LogP contribution in [-0.2, 0) is 13.1 Å². The third-order valence-electron chi connectivity index (χ3n) is 3.12. The zero-order valence-corrected chi connectivity index (χ0v) is 14.1. The lowest BCUT2D eigenvalue weighted by molar-refractivity contribution is 0.638. The fraction of sp³-hybridized carbons (Fsp3) is 0.286. The van der Waals surface area contributed by atoms with Crippen LogP contribution in [0.25, 0.3) is 0 Å². The highest BCUT2D eigenvalue weighted by molar-refractivity contribution is 7.80. The number of aryl methyl sites for hydroxylation is 1. The Kier molecular flexibility index (Phi) is 5.45. The summed E-state index contributed by atoms with van der Waals surface area (Å²) in [5.41, 5.74) is 3.06. The molecule has 0 radical (unpaired) electrons. The molecular weight excluding hydrogens is 327 g/mol. The second-order valence-electron chi connectivity index (χ2n) is 4.51. The van der Waals surface area contributed by atoms with E-state index >= 15 is 0 Å². The Morgan fingerprint density at radius 2 is 2.10 bits per heavy atom. The summed E-state index contributed by atoms with van der Waals surface area (Å²) in [4.78, 5) is 0. The Morgan fingerprint density at radius 3 is 2.71 bits per heavy atom. The highest BCUT2D eigenvalue weighted by Gasteiger charge is 2.06. The van der Waals surface area contributed by atoms with Gasteiger partial charge in [-0.2, -0.15) is 5.10 Å². The third-order valence-corrected chi connectivity index (χ3v) is 4.11. The molecule has 2 N–H and O–H groups in total. The van der Waals surface area contributed by atoms with Crippen LogP contribution in [0, 0.1) is 6.92 Å². The summed E-state index contributed by atoms with van der Waals surface area (Å²) < 4.78 is 1.95. The number of benzene rings is 1. The summed E-state index contributed by atoms with van der Waals surface area (Å²) in [5, 5.41) is 12.1. The first-order valence-corrected chi connectivity index (χ1v) is 7.69. The van der Waals surface area contributed by atoms with Gasteiger partial charge in [0.05, 0.1) is 16.2 Å². The largest absolute Gasteiger partial charge is 0.358 e. The zero-order valence-electron chi connectivity index (χ0n) is 11.8. The minimum Gasteiger partial charge on any atom is -0.358 e. The minimum atomic E-state index is 0.490. The van der Waals surface area contributed by atoms with Gasteiger partial charge in [0.2, 0.25) is 0 Å². The molecule has 0 amide bonds. The highest BCUT2D eigenvalue weighted by Crippen LogP contribution is 2.24. The average molecular weight is 343 g/mol. The molecule has 2 rings (SSSR count). The van der Waals surface area contributed by atoms with E-state index in [1.807, 2.05) is 23.9 Å². The minimum absolute atomic E-state index is 0.490.